The maximum Gasteiger partial charge on any atom is 0.416 e. The van der Waals surface area contributed by atoms with Gasteiger partial charge in [0.2, 0.25) is 5.91 Å². The minimum atomic E-state index is -4.56. The quantitative estimate of drug-likeness (QED) is 0.775. The van der Waals surface area contributed by atoms with Crippen molar-refractivity contribution >= 4 is 17.5 Å². The first-order chi connectivity index (χ1) is 13.3. The minimum Gasteiger partial charge on any atom is -0.495 e. The molecule has 0 aromatic heterocycles. The number of ether oxygens (including phenoxy) is 1. The fourth-order valence-corrected chi connectivity index (χ4v) is 3.11. The summed E-state index contributed by atoms with van der Waals surface area (Å²) < 4.78 is 44.5. The zero-order valence-corrected chi connectivity index (χ0v) is 15.2. The van der Waals surface area contributed by atoms with Gasteiger partial charge in [-0.2, -0.15) is 13.2 Å². The average Bonchev–Trinajstić information content (AvgIpc) is 3.09. The molecular weight excluding hydrogens is 373 g/mol. The van der Waals surface area contributed by atoms with E-state index >= 15 is 0 Å². The smallest absolute Gasteiger partial charge is 0.416 e. The summed E-state index contributed by atoms with van der Waals surface area (Å²) >= 11 is 0. The highest BCUT2D eigenvalue weighted by molar-refractivity contribution is 6.07. The van der Waals surface area contributed by atoms with E-state index in [4.69, 9.17) is 4.74 Å². The Balaban J connectivity index is 2.01. The fourth-order valence-electron chi connectivity index (χ4n) is 3.11. The Bertz CT molecular complexity index is 883. The first kappa shape index (κ1) is 19.7. The molecule has 5 nitrogen and oxygen atoms in total. The lowest BCUT2D eigenvalue weighted by molar-refractivity contribution is -0.137. The van der Waals surface area contributed by atoms with E-state index < -0.39 is 17.6 Å². The van der Waals surface area contributed by atoms with E-state index in [1.807, 2.05) is 0 Å². The number of benzene rings is 2. The minimum absolute atomic E-state index is 0.0612. The van der Waals surface area contributed by atoms with E-state index in [1.54, 1.807) is 24.3 Å². The van der Waals surface area contributed by atoms with Crippen LogP contribution in [0.1, 0.15) is 28.8 Å². The second-order valence-corrected chi connectivity index (χ2v) is 6.39. The molecule has 0 unspecified atom stereocenters. The first-order valence-corrected chi connectivity index (χ1v) is 8.71. The van der Waals surface area contributed by atoms with Crippen LogP contribution in [0.3, 0.4) is 0 Å². The molecule has 1 fully saturated rings. The van der Waals surface area contributed by atoms with Crippen LogP contribution in [-0.4, -0.2) is 37.0 Å². The molecule has 1 aliphatic heterocycles. The Morgan fingerprint density at radius 3 is 2.57 bits per heavy atom. The van der Waals surface area contributed by atoms with Crippen molar-refractivity contribution in [1.82, 2.24) is 4.90 Å². The van der Waals surface area contributed by atoms with Crippen molar-refractivity contribution in [3.05, 3.63) is 59.7 Å². The molecule has 0 aliphatic carbocycles. The van der Waals surface area contributed by atoms with Crippen LogP contribution in [0.4, 0.5) is 18.9 Å². The lowest BCUT2D eigenvalue weighted by Crippen LogP contribution is -2.42. The van der Waals surface area contributed by atoms with Crippen LogP contribution >= 0.6 is 0 Å². The number of nitrogens with zero attached hydrogens (tertiary/aromatic N) is 2. The van der Waals surface area contributed by atoms with Gasteiger partial charge in [-0.3, -0.25) is 14.5 Å². The number of para-hydroxylation sites is 2. The summed E-state index contributed by atoms with van der Waals surface area (Å²) in [7, 11) is 1.44. The fraction of sp³-hybridized carbons (Fsp3) is 0.300. The molecule has 1 aliphatic rings. The second kappa shape index (κ2) is 7.92. The maximum atomic E-state index is 13.2. The average molecular weight is 392 g/mol. The van der Waals surface area contributed by atoms with Crippen LogP contribution in [0.5, 0.6) is 5.75 Å². The number of anilines is 1. The van der Waals surface area contributed by atoms with Gasteiger partial charge in [-0.15, -0.1) is 0 Å². The van der Waals surface area contributed by atoms with Crippen LogP contribution in [0.2, 0.25) is 0 Å². The van der Waals surface area contributed by atoms with E-state index in [0.29, 0.717) is 30.8 Å². The highest BCUT2D eigenvalue weighted by Gasteiger charge is 2.32. The zero-order valence-electron chi connectivity index (χ0n) is 15.2. The summed E-state index contributed by atoms with van der Waals surface area (Å²) in [6.07, 6.45) is -3.50. The summed E-state index contributed by atoms with van der Waals surface area (Å²) in [5, 5.41) is 0. The van der Waals surface area contributed by atoms with Crippen LogP contribution in [-0.2, 0) is 11.0 Å². The molecule has 0 radical (unpaired) electrons. The topological polar surface area (TPSA) is 49.9 Å². The normalized spacial score (nSPS) is 14.3. The van der Waals surface area contributed by atoms with Gasteiger partial charge in [0.1, 0.15) is 12.4 Å². The number of halogens is 3. The number of carbonyl (C=O) groups excluding carboxylic acids is 2. The molecule has 3 rings (SSSR count). The van der Waals surface area contributed by atoms with E-state index in [-0.39, 0.29) is 18.1 Å². The third-order valence-corrected chi connectivity index (χ3v) is 4.54. The predicted molar refractivity (Wildman–Crippen MR) is 97.1 cm³/mol. The van der Waals surface area contributed by atoms with Crippen molar-refractivity contribution in [1.29, 1.82) is 0 Å². The number of carbonyl (C=O) groups is 2. The SMILES string of the molecule is COc1ccccc1N(CN1CCCC1=O)C(=O)c1cccc(C(F)(F)F)c1. The molecule has 2 aromatic carbocycles. The van der Waals surface area contributed by atoms with Crippen LogP contribution < -0.4 is 9.64 Å². The number of hydrogen-bond donors (Lipinski definition) is 0. The van der Waals surface area contributed by atoms with Crippen LogP contribution in [0.25, 0.3) is 0 Å². The number of amides is 2. The molecule has 148 valence electrons. The molecule has 2 aromatic rings. The van der Waals surface area contributed by atoms with Crippen LogP contribution in [0.15, 0.2) is 48.5 Å². The van der Waals surface area contributed by atoms with E-state index in [1.165, 1.54) is 29.0 Å². The van der Waals surface area contributed by atoms with Gasteiger partial charge in [-0.1, -0.05) is 18.2 Å². The molecule has 8 heteroatoms. The molecule has 2 amide bonds. The Morgan fingerprint density at radius 2 is 1.93 bits per heavy atom. The largest absolute Gasteiger partial charge is 0.495 e. The van der Waals surface area contributed by atoms with Crippen molar-refractivity contribution in [2.24, 2.45) is 0 Å². The summed E-state index contributed by atoms with van der Waals surface area (Å²) in [5.74, 6) is -0.360. The molecule has 1 saturated heterocycles. The molecule has 0 N–H and O–H groups in total. The molecule has 0 spiro atoms. The third-order valence-electron chi connectivity index (χ3n) is 4.54. The molecular formula is C20H19F3N2O3. The van der Waals surface area contributed by atoms with E-state index in [2.05, 4.69) is 0 Å². The summed E-state index contributed by atoms with van der Waals surface area (Å²) in [4.78, 5) is 28.0. The number of alkyl halides is 3. The van der Waals surface area contributed by atoms with Gasteiger partial charge < -0.3 is 9.64 Å². The predicted octanol–water partition coefficient (Wildman–Crippen LogP) is 3.94. The summed E-state index contributed by atoms with van der Waals surface area (Å²) in [6, 6.07) is 10.9. The highest BCUT2D eigenvalue weighted by atomic mass is 19.4. The third kappa shape index (κ3) is 4.11. The summed E-state index contributed by atoms with van der Waals surface area (Å²) in [5.41, 5.74) is -0.643. The van der Waals surface area contributed by atoms with Crippen molar-refractivity contribution in [2.45, 2.75) is 19.0 Å². The van der Waals surface area contributed by atoms with Crippen molar-refractivity contribution < 1.29 is 27.5 Å². The highest BCUT2D eigenvalue weighted by Crippen LogP contribution is 2.32. The molecule has 0 atom stereocenters. The van der Waals surface area contributed by atoms with Gasteiger partial charge in [0, 0.05) is 18.5 Å². The van der Waals surface area contributed by atoms with Gasteiger partial charge in [0.15, 0.2) is 0 Å². The van der Waals surface area contributed by atoms with Crippen molar-refractivity contribution in [2.75, 3.05) is 25.2 Å². The first-order valence-electron chi connectivity index (χ1n) is 8.71. The Labute approximate surface area is 160 Å². The zero-order chi connectivity index (χ0) is 20.3. The van der Waals surface area contributed by atoms with Crippen LogP contribution in [0, 0.1) is 0 Å². The molecule has 0 saturated carbocycles. The van der Waals surface area contributed by atoms with Gasteiger partial charge in [-0.05, 0) is 36.8 Å². The molecule has 1 heterocycles. The number of rotatable bonds is 5. The summed E-state index contributed by atoms with van der Waals surface area (Å²) in [6.45, 7) is 0.425. The Morgan fingerprint density at radius 1 is 1.18 bits per heavy atom. The second-order valence-electron chi connectivity index (χ2n) is 6.39. The Hall–Kier alpha value is -3.03. The monoisotopic (exact) mass is 392 g/mol. The van der Waals surface area contributed by atoms with E-state index in [9.17, 15) is 22.8 Å². The van der Waals surface area contributed by atoms with Gasteiger partial charge >= 0.3 is 6.18 Å². The van der Waals surface area contributed by atoms with Gasteiger partial charge in [0.25, 0.3) is 5.91 Å². The van der Waals surface area contributed by atoms with Crippen molar-refractivity contribution in [3.8, 4) is 5.75 Å². The van der Waals surface area contributed by atoms with Gasteiger partial charge in [0.05, 0.1) is 18.4 Å². The lowest BCUT2D eigenvalue weighted by atomic mass is 10.1. The Kier molecular flexibility index (Phi) is 5.58. The molecule has 0 bridgehead atoms. The maximum absolute atomic E-state index is 13.2. The van der Waals surface area contributed by atoms with E-state index in [0.717, 1.165) is 12.1 Å². The van der Waals surface area contributed by atoms with Gasteiger partial charge in [-0.25, -0.2) is 0 Å². The number of hydrogen-bond acceptors (Lipinski definition) is 3. The molecule has 28 heavy (non-hydrogen) atoms. The standard InChI is InChI=1S/C20H19F3N2O3/c1-28-17-9-3-2-8-16(17)25(13-24-11-5-10-18(24)26)19(27)14-6-4-7-15(12-14)20(21,22)23/h2-4,6-9,12H,5,10-11,13H2,1H3. The van der Waals surface area contributed by atoms with Crippen molar-refractivity contribution in [3.63, 3.8) is 0 Å². The number of likely N-dealkylation sites (tertiary alicyclic amines) is 1. The number of methoxy groups -OCH3 is 1. The lowest BCUT2D eigenvalue weighted by Gasteiger charge is -2.29.